The molecule has 0 radical (unpaired) electrons. The number of aliphatic hydroxyl groups excluding tert-OH is 1. The molecular weight excluding hydrogens is 434 g/mol. The second kappa shape index (κ2) is 10.5. The van der Waals surface area contributed by atoms with Gasteiger partial charge in [-0.15, -0.1) is 0 Å². The zero-order chi connectivity index (χ0) is 24.1. The van der Waals surface area contributed by atoms with Crippen molar-refractivity contribution in [2.45, 2.75) is 0 Å². The molecule has 34 heavy (non-hydrogen) atoms. The lowest BCUT2D eigenvalue weighted by molar-refractivity contribution is -0.127. The van der Waals surface area contributed by atoms with Gasteiger partial charge in [0.2, 0.25) is 5.91 Å². The Kier molecular flexibility index (Phi) is 7.30. The molecule has 1 N–H and O–H groups in total. The summed E-state index contributed by atoms with van der Waals surface area (Å²) in [6.45, 7) is 3.50. The maximum Gasteiger partial charge on any atom is 0.293 e. The third-order valence-electron chi connectivity index (χ3n) is 6.02. The quantitative estimate of drug-likeness (QED) is 0.662. The van der Waals surface area contributed by atoms with Crippen molar-refractivity contribution in [3.05, 3.63) is 65.4 Å². The lowest BCUT2D eigenvalue weighted by Crippen LogP contribution is -2.48. The lowest BCUT2D eigenvalue weighted by Gasteiger charge is -2.33. The Hall–Kier alpha value is -3.62. The van der Waals surface area contributed by atoms with Crippen LogP contribution in [0.25, 0.3) is 12.2 Å². The average Bonchev–Trinajstić information content (AvgIpc) is 2.86. The highest BCUT2D eigenvalue weighted by molar-refractivity contribution is 6.09. The number of hydrogen-bond donors (Lipinski definition) is 1. The van der Waals surface area contributed by atoms with Crippen molar-refractivity contribution >= 4 is 29.7 Å². The van der Waals surface area contributed by atoms with Crippen LogP contribution in [0.2, 0.25) is 0 Å². The van der Waals surface area contributed by atoms with Gasteiger partial charge in [-0.1, -0.05) is 18.2 Å². The van der Waals surface area contributed by atoms with E-state index in [9.17, 15) is 9.59 Å². The van der Waals surface area contributed by atoms with Crippen LogP contribution in [0, 0.1) is 0 Å². The molecular formula is C26H29N3O5. The van der Waals surface area contributed by atoms with Crippen molar-refractivity contribution in [3.8, 4) is 11.5 Å². The number of fused-ring (bicyclic) bond motifs is 1. The standard InChI is InChI=1S/C26H29N3O5/c1-27-21-5-3-4-6-23(21)34-24(26(27)32)18-19-7-9-22(33-2)20(17-19)8-10-25(31)29-13-11-28(12-14-29)15-16-30/h3-10,17-18,30H,11-16H2,1-2H3/b10-8-,24-18+. The molecule has 178 valence electrons. The van der Waals surface area contributed by atoms with Crippen LogP contribution in [0.4, 0.5) is 5.69 Å². The fraction of sp³-hybridized carbons (Fsp3) is 0.308. The monoisotopic (exact) mass is 463 g/mol. The highest BCUT2D eigenvalue weighted by Gasteiger charge is 2.27. The van der Waals surface area contributed by atoms with Crippen LogP contribution in [-0.2, 0) is 9.59 Å². The molecule has 0 aliphatic carbocycles. The summed E-state index contributed by atoms with van der Waals surface area (Å²) < 4.78 is 11.3. The minimum Gasteiger partial charge on any atom is -0.496 e. The molecule has 0 spiro atoms. The topological polar surface area (TPSA) is 82.6 Å². The maximum absolute atomic E-state index is 12.8. The maximum atomic E-state index is 12.8. The molecule has 2 aromatic rings. The van der Waals surface area contributed by atoms with Crippen LogP contribution in [0.3, 0.4) is 0 Å². The number of carbonyl (C=O) groups is 2. The van der Waals surface area contributed by atoms with E-state index in [4.69, 9.17) is 14.6 Å². The molecule has 1 saturated heterocycles. The predicted octanol–water partition coefficient (Wildman–Crippen LogP) is 2.24. The number of nitrogens with zero attached hydrogens (tertiary/aromatic N) is 3. The summed E-state index contributed by atoms with van der Waals surface area (Å²) in [5, 5.41) is 9.07. The number of benzene rings is 2. The number of piperazine rings is 1. The summed E-state index contributed by atoms with van der Waals surface area (Å²) in [4.78, 5) is 31.0. The minimum absolute atomic E-state index is 0.0708. The van der Waals surface area contributed by atoms with Crippen molar-refractivity contribution in [1.29, 1.82) is 0 Å². The summed E-state index contributed by atoms with van der Waals surface area (Å²) in [7, 11) is 3.29. The van der Waals surface area contributed by atoms with E-state index < -0.39 is 0 Å². The van der Waals surface area contributed by atoms with Crippen molar-refractivity contribution < 1.29 is 24.2 Å². The molecule has 0 aromatic heterocycles. The zero-order valence-corrected chi connectivity index (χ0v) is 19.4. The van der Waals surface area contributed by atoms with Crippen LogP contribution < -0.4 is 14.4 Å². The van der Waals surface area contributed by atoms with Crippen molar-refractivity contribution in [2.75, 3.05) is 58.4 Å². The van der Waals surface area contributed by atoms with Gasteiger partial charge in [0.1, 0.15) is 5.75 Å². The van der Waals surface area contributed by atoms with Gasteiger partial charge in [0.05, 0.1) is 19.4 Å². The Morgan fingerprint density at radius 1 is 1.15 bits per heavy atom. The van der Waals surface area contributed by atoms with Gasteiger partial charge in [0, 0.05) is 51.4 Å². The van der Waals surface area contributed by atoms with Crippen molar-refractivity contribution in [3.63, 3.8) is 0 Å². The fourth-order valence-electron chi connectivity index (χ4n) is 4.07. The number of para-hydroxylation sites is 2. The second-order valence-electron chi connectivity index (χ2n) is 8.17. The van der Waals surface area contributed by atoms with Gasteiger partial charge in [0.15, 0.2) is 11.5 Å². The number of aliphatic hydroxyl groups is 1. The molecule has 0 atom stereocenters. The second-order valence-corrected chi connectivity index (χ2v) is 8.17. The molecule has 2 aromatic carbocycles. The molecule has 0 bridgehead atoms. The number of hydrogen-bond acceptors (Lipinski definition) is 6. The van der Waals surface area contributed by atoms with Gasteiger partial charge in [0.25, 0.3) is 5.91 Å². The van der Waals surface area contributed by atoms with Crippen LogP contribution in [-0.4, -0.2) is 80.2 Å². The lowest BCUT2D eigenvalue weighted by atomic mass is 10.1. The van der Waals surface area contributed by atoms with Gasteiger partial charge >= 0.3 is 0 Å². The number of carbonyl (C=O) groups excluding carboxylic acids is 2. The van der Waals surface area contributed by atoms with E-state index in [-0.39, 0.29) is 24.2 Å². The summed E-state index contributed by atoms with van der Waals surface area (Å²) in [5.74, 6) is 1.16. The van der Waals surface area contributed by atoms with Gasteiger partial charge in [-0.05, 0) is 42.0 Å². The van der Waals surface area contributed by atoms with Crippen LogP contribution in [0.1, 0.15) is 11.1 Å². The summed E-state index contributed by atoms with van der Waals surface area (Å²) in [6, 6.07) is 12.9. The first-order valence-corrected chi connectivity index (χ1v) is 11.2. The molecule has 4 rings (SSSR count). The predicted molar refractivity (Wildman–Crippen MR) is 131 cm³/mol. The third-order valence-corrected chi connectivity index (χ3v) is 6.02. The SMILES string of the molecule is COc1ccc(/C=C2/Oc3ccccc3N(C)C2=O)cc1/C=C\C(=O)N1CCN(CCO)CC1. The minimum atomic E-state index is -0.234. The molecule has 0 saturated carbocycles. The number of ether oxygens (including phenoxy) is 2. The van der Waals surface area contributed by atoms with E-state index in [2.05, 4.69) is 4.90 Å². The van der Waals surface area contributed by atoms with Crippen molar-refractivity contribution in [1.82, 2.24) is 9.80 Å². The zero-order valence-electron chi connectivity index (χ0n) is 19.4. The Balaban J connectivity index is 1.51. The van der Waals surface area contributed by atoms with E-state index in [1.807, 2.05) is 36.4 Å². The largest absolute Gasteiger partial charge is 0.496 e. The average molecular weight is 464 g/mol. The summed E-state index contributed by atoms with van der Waals surface area (Å²) >= 11 is 0. The van der Waals surface area contributed by atoms with Gasteiger partial charge in [-0.3, -0.25) is 14.5 Å². The first-order chi connectivity index (χ1) is 16.5. The molecule has 1 fully saturated rings. The number of β-amino-alcohol motifs (C(OH)–C–C–N with tert-alkyl or cyclic N) is 1. The number of rotatable bonds is 6. The molecule has 2 aliphatic rings. The van der Waals surface area contributed by atoms with Crippen molar-refractivity contribution in [2.24, 2.45) is 0 Å². The van der Waals surface area contributed by atoms with Crippen LogP contribution in [0.5, 0.6) is 11.5 Å². The van der Waals surface area contributed by atoms with E-state index >= 15 is 0 Å². The fourth-order valence-corrected chi connectivity index (χ4v) is 4.07. The normalized spacial score (nSPS) is 17.7. The van der Waals surface area contributed by atoms with E-state index in [0.717, 1.165) is 29.9 Å². The third kappa shape index (κ3) is 5.13. The Labute approximate surface area is 199 Å². The smallest absolute Gasteiger partial charge is 0.293 e. The van der Waals surface area contributed by atoms with Gasteiger partial charge < -0.3 is 24.4 Å². The summed E-state index contributed by atoms with van der Waals surface area (Å²) in [6.07, 6.45) is 4.96. The Morgan fingerprint density at radius 3 is 2.65 bits per heavy atom. The Morgan fingerprint density at radius 2 is 1.91 bits per heavy atom. The van der Waals surface area contributed by atoms with Gasteiger partial charge in [-0.2, -0.15) is 0 Å². The molecule has 8 nitrogen and oxygen atoms in total. The number of amides is 2. The van der Waals surface area contributed by atoms with E-state index in [1.165, 1.54) is 0 Å². The molecule has 2 heterocycles. The number of anilines is 1. The first-order valence-electron chi connectivity index (χ1n) is 11.2. The molecule has 2 amide bonds. The van der Waals surface area contributed by atoms with Crippen LogP contribution in [0.15, 0.2) is 54.3 Å². The van der Waals surface area contributed by atoms with E-state index in [1.54, 1.807) is 48.3 Å². The molecule has 0 unspecified atom stereocenters. The number of methoxy groups -OCH3 is 1. The highest BCUT2D eigenvalue weighted by Crippen LogP contribution is 2.34. The molecule has 2 aliphatic heterocycles. The van der Waals surface area contributed by atoms with E-state index in [0.29, 0.717) is 31.1 Å². The van der Waals surface area contributed by atoms with Gasteiger partial charge in [-0.25, -0.2) is 0 Å². The number of likely N-dealkylation sites (N-methyl/N-ethyl adjacent to an activating group) is 1. The summed E-state index contributed by atoms with van der Waals surface area (Å²) in [5.41, 5.74) is 2.20. The Bertz CT molecular complexity index is 1120. The highest BCUT2D eigenvalue weighted by atomic mass is 16.5. The first kappa shape index (κ1) is 23.5. The van der Waals surface area contributed by atoms with Crippen LogP contribution >= 0.6 is 0 Å². The molecule has 8 heteroatoms.